The van der Waals surface area contributed by atoms with Crippen molar-refractivity contribution in [2.45, 2.75) is 114 Å². The van der Waals surface area contributed by atoms with Crippen molar-refractivity contribution in [3.8, 4) is 0 Å². The molecule has 0 amide bonds. The third-order valence-corrected chi connectivity index (χ3v) is 8.19. The number of carboxylic acid groups (broad SMARTS) is 3. The Labute approximate surface area is 184 Å². The molecule has 0 aromatic heterocycles. The molecule has 0 aromatic carbocycles. The van der Waals surface area contributed by atoms with E-state index in [9.17, 15) is 29.7 Å². The maximum Gasteiger partial charge on any atom is 0.337 e. The third-order valence-electron chi connectivity index (χ3n) is 8.19. The molecule has 0 aliphatic heterocycles. The fourth-order valence-corrected chi connectivity index (χ4v) is 6.90. The first-order valence-electron chi connectivity index (χ1n) is 12.2. The highest BCUT2D eigenvalue weighted by Crippen LogP contribution is 2.58. The van der Waals surface area contributed by atoms with Gasteiger partial charge < -0.3 is 20.1 Å². The highest BCUT2D eigenvalue weighted by molar-refractivity contribution is 5.93. The van der Waals surface area contributed by atoms with Gasteiger partial charge in [-0.15, -0.1) is 0 Å². The van der Waals surface area contributed by atoms with Gasteiger partial charge >= 0.3 is 17.9 Å². The molecule has 7 heteroatoms. The fourth-order valence-electron chi connectivity index (χ4n) is 6.90. The van der Waals surface area contributed by atoms with Gasteiger partial charge in [0.25, 0.3) is 0 Å². The van der Waals surface area contributed by atoms with Crippen molar-refractivity contribution in [2.24, 2.45) is 17.3 Å². The first kappa shape index (κ1) is 24.0. The molecule has 0 bridgehead atoms. The van der Waals surface area contributed by atoms with Crippen LogP contribution in [0.3, 0.4) is 0 Å². The number of aliphatic carboxylic acids is 3. The van der Waals surface area contributed by atoms with Gasteiger partial charge in [-0.2, -0.15) is 0 Å². The van der Waals surface area contributed by atoms with E-state index in [0.29, 0.717) is 38.5 Å². The normalized spacial score (nSPS) is 24.4. The van der Waals surface area contributed by atoms with Gasteiger partial charge in [0.05, 0.1) is 12.5 Å². The van der Waals surface area contributed by atoms with Crippen LogP contribution in [0.15, 0.2) is 0 Å². The lowest BCUT2D eigenvalue weighted by molar-refractivity contribution is -0.240. The molecule has 3 fully saturated rings. The predicted octanol–water partition coefficient (Wildman–Crippen LogP) is 4.87. The van der Waals surface area contributed by atoms with Crippen LogP contribution in [0.5, 0.6) is 0 Å². The second-order valence-electron chi connectivity index (χ2n) is 9.92. The van der Waals surface area contributed by atoms with Crippen LogP contribution in [0, 0.1) is 17.3 Å². The minimum absolute atomic E-state index is 0.388. The van der Waals surface area contributed by atoms with E-state index in [2.05, 4.69) is 0 Å². The van der Waals surface area contributed by atoms with Gasteiger partial charge in [-0.25, -0.2) is 4.79 Å². The SMILES string of the molecule is O=C(O)CC(OC1CCCCC1)(C(=O)O)C(C(=O)O)(C1CCCCC1)C1CCCCC1. The summed E-state index contributed by atoms with van der Waals surface area (Å²) in [6.45, 7) is 0. The smallest absolute Gasteiger partial charge is 0.337 e. The van der Waals surface area contributed by atoms with Gasteiger partial charge in [-0.3, -0.25) is 9.59 Å². The lowest BCUT2D eigenvalue weighted by atomic mass is 9.50. The Bertz CT molecular complexity index is 624. The maximum atomic E-state index is 13.3. The first-order valence-corrected chi connectivity index (χ1v) is 12.2. The van der Waals surface area contributed by atoms with E-state index in [1.54, 1.807) is 0 Å². The molecular weight excluding hydrogens is 400 g/mol. The molecule has 3 N–H and O–H groups in total. The van der Waals surface area contributed by atoms with Crippen molar-refractivity contribution in [3.05, 3.63) is 0 Å². The average Bonchev–Trinajstić information content (AvgIpc) is 2.75. The van der Waals surface area contributed by atoms with Crippen molar-refractivity contribution in [3.63, 3.8) is 0 Å². The van der Waals surface area contributed by atoms with Crippen LogP contribution in [-0.2, 0) is 19.1 Å². The maximum absolute atomic E-state index is 13.3. The summed E-state index contributed by atoms with van der Waals surface area (Å²) in [6, 6.07) is 0. The van der Waals surface area contributed by atoms with Crippen molar-refractivity contribution in [1.82, 2.24) is 0 Å². The second kappa shape index (κ2) is 10.3. The zero-order chi connectivity index (χ0) is 22.5. The zero-order valence-corrected chi connectivity index (χ0v) is 18.5. The fraction of sp³-hybridized carbons (Fsp3) is 0.875. The lowest BCUT2D eigenvalue weighted by Crippen LogP contribution is -2.68. The number of hydrogen-bond acceptors (Lipinski definition) is 4. The van der Waals surface area contributed by atoms with Gasteiger partial charge in [0, 0.05) is 0 Å². The monoisotopic (exact) mass is 438 g/mol. The molecule has 1 atom stereocenters. The predicted molar refractivity (Wildman–Crippen MR) is 114 cm³/mol. The summed E-state index contributed by atoms with van der Waals surface area (Å²) in [5.41, 5.74) is -3.98. The van der Waals surface area contributed by atoms with E-state index in [0.717, 1.165) is 57.8 Å². The Hall–Kier alpha value is -1.63. The zero-order valence-electron chi connectivity index (χ0n) is 18.5. The Balaban J connectivity index is 2.19. The second-order valence-corrected chi connectivity index (χ2v) is 9.92. The Morgan fingerprint density at radius 2 is 1.06 bits per heavy atom. The van der Waals surface area contributed by atoms with Crippen LogP contribution in [0.25, 0.3) is 0 Å². The molecule has 31 heavy (non-hydrogen) atoms. The molecule has 0 spiro atoms. The minimum atomic E-state index is -2.25. The number of ether oxygens (including phenoxy) is 1. The number of carboxylic acids is 3. The van der Waals surface area contributed by atoms with Crippen LogP contribution < -0.4 is 0 Å². The van der Waals surface area contributed by atoms with E-state index in [1.165, 1.54) is 0 Å². The van der Waals surface area contributed by atoms with Crippen molar-refractivity contribution in [2.75, 3.05) is 0 Å². The minimum Gasteiger partial charge on any atom is -0.481 e. The largest absolute Gasteiger partial charge is 0.481 e. The quantitative estimate of drug-likeness (QED) is 0.470. The van der Waals surface area contributed by atoms with Crippen molar-refractivity contribution in [1.29, 1.82) is 0 Å². The van der Waals surface area contributed by atoms with E-state index in [-0.39, 0.29) is 11.8 Å². The van der Waals surface area contributed by atoms with Gasteiger partial charge in [0.2, 0.25) is 0 Å². The molecule has 176 valence electrons. The molecule has 0 heterocycles. The Morgan fingerprint density at radius 3 is 1.42 bits per heavy atom. The van der Waals surface area contributed by atoms with E-state index < -0.39 is 41.4 Å². The summed E-state index contributed by atoms with van der Waals surface area (Å²) in [5.74, 6) is -4.68. The summed E-state index contributed by atoms with van der Waals surface area (Å²) in [4.78, 5) is 38.3. The van der Waals surface area contributed by atoms with Crippen molar-refractivity contribution >= 4 is 17.9 Å². The van der Waals surface area contributed by atoms with Crippen LogP contribution in [0.4, 0.5) is 0 Å². The number of hydrogen-bond donors (Lipinski definition) is 3. The highest BCUT2D eigenvalue weighted by atomic mass is 16.5. The lowest BCUT2D eigenvalue weighted by Gasteiger charge is -2.55. The molecule has 7 nitrogen and oxygen atoms in total. The summed E-state index contributed by atoms with van der Waals surface area (Å²) in [5, 5.41) is 31.2. The molecule has 0 aromatic rings. The summed E-state index contributed by atoms with van der Waals surface area (Å²) in [7, 11) is 0. The number of rotatable bonds is 9. The molecule has 3 saturated carbocycles. The molecule has 0 radical (unpaired) electrons. The highest BCUT2D eigenvalue weighted by Gasteiger charge is 2.70. The molecule has 3 aliphatic rings. The summed E-state index contributed by atoms with van der Waals surface area (Å²) < 4.78 is 6.32. The Kier molecular flexibility index (Phi) is 8.00. The van der Waals surface area contributed by atoms with E-state index in [4.69, 9.17) is 4.74 Å². The number of carbonyl (C=O) groups is 3. The van der Waals surface area contributed by atoms with Crippen LogP contribution in [0.1, 0.15) is 103 Å². The average molecular weight is 439 g/mol. The summed E-state index contributed by atoms with van der Waals surface area (Å²) in [6.07, 6.45) is 10.8. The molecule has 3 aliphatic carbocycles. The van der Waals surface area contributed by atoms with Crippen molar-refractivity contribution < 1.29 is 34.4 Å². The topological polar surface area (TPSA) is 121 Å². The van der Waals surface area contributed by atoms with Gasteiger partial charge in [0.15, 0.2) is 5.60 Å². The third kappa shape index (κ3) is 4.62. The molecule has 0 saturated heterocycles. The van der Waals surface area contributed by atoms with Crippen LogP contribution in [0.2, 0.25) is 0 Å². The van der Waals surface area contributed by atoms with Gasteiger partial charge in [-0.1, -0.05) is 57.8 Å². The molecule has 3 rings (SSSR count). The van der Waals surface area contributed by atoms with Gasteiger partial charge in [-0.05, 0) is 50.4 Å². The Morgan fingerprint density at radius 1 is 0.645 bits per heavy atom. The van der Waals surface area contributed by atoms with E-state index in [1.807, 2.05) is 0 Å². The van der Waals surface area contributed by atoms with E-state index >= 15 is 0 Å². The summed E-state index contributed by atoms with van der Waals surface area (Å²) >= 11 is 0. The first-order chi connectivity index (χ1) is 14.8. The van der Waals surface area contributed by atoms with Crippen LogP contribution in [-0.4, -0.2) is 44.9 Å². The molecule has 1 unspecified atom stereocenters. The molecular formula is C24H38O7. The standard InChI is InChI=1S/C24H38O7/c25-20(26)16-23(21(27)28,31-19-14-8-3-9-15-19)24(22(29)30,17-10-4-1-5-11-17)18-12-6-2-7-13-18/h17-19H,1-16H2,(H,25,26)(H,27,28)(H,29,30). The van der Waals surface area contributed by atoms with Gasteiger partial charge in [0.1, 0.15) is 5.41 Å². The van der Waals surface area contributed by atoms with Crippen LogP contribution >= 0.6 is 0 Å².